The molecule has 0 saturated carbocycles. The van der Waals surface area contributed by atoms with E-state index >= 15 is 0 Å². The molecule has 5 fully saturated rings. The second kappa shape index (κ2) is 19.2. The predicted molar refractivity (Wildman–Crippen MR) is 132 cm³/mol. The van der Waals surface area contributed by atoms with Gasteiger partial charge in [0.15, 0.2) is 0 Å². The lowest BCUT2D eigenvalue weighted by Gasteiger charge is -2.24. The number of morpholine rings is 1. The molecule has 0 aromatic heterocycles. The molecular weight excluding hydrogens is 390 g/mol. The van der Waals surface area contributed by atoms with Crippen molar-refractivity contribution in [1.29, 1.82) is 0 Å². The maximum atomic E-state index is 5.10. The molecule has 0 unspecified atom stereocenters. The second-order valence-electron chi connectivity index (χ2n) is 9.56. The van der Waals surface area contributed by atoms with Crippen LogP contribution in [0.2, 0.25) is 0 Å². The first-order valence-electron chi connectivity index (χ1n) is 12.6. The van der Waals surface area contributed by atoms with E-state index in [2.05, 4.69) is 52.7 Å². The van der Waals surface area contributed by atoms with Gasteiger partial charge in [0.05, 0.1) is 26.6 Å². The number of ether oxygens (including phenoxy) is 2. The first-order valence-corrected chi connectivity index (χ1v) is 12.6. The number of rotatable bonds is 0. The fourth-order valence-electron chi connectivity index (χ4n) is 3.56. The van der Waals surface area contributed by atoms with Gasteiger partial charge in [-0.3, -0.25) is 4.90 Å². The lowest BCUT2D eigenvalue weighted by atomic mass is 10.1. The van der Waals surface area contributed by atoms with Crippen LogP contribution in [0, 0.1) is 0 Å². The molecule has 5 saturated heterocycles. The Bertz CT molecular complexity index is 344. The van der Waals surface area contributed by atoms with Crippen molar-refractivity contribution in [2.75, 3.05) is 121 Å². The molecule has 7 nitrogen and oxygen atoms in total. The van der Waals surface area contributed by atoms with Crippen LogP contribution < -0.4 is 0 Å². The molecule has 5 aliphatic rings. The van der Waals surface area contributed by atoms with Crippen LogP contribution in [0.4, 0.5) is 0 Å². The second-order valence-corrected chi connectivity index (χ2v) is 9.56. The molecule has 0 radical (unpaired) electrons. The average Bonchev–Trinajstić information content (AvgIpc) is 3.43. The zero-order chi connectivity index (χ0) is 22.7. The van der Waals surface area contributed by atoms with Gasteiger partial charge in [-0.1, -0.05) is 6.42 Å². The summed E-state index contributed by atoms with van der Waals surface area (Å²) < 4.78 is 10.1. The summed E-state index contributed by atoms with van der Waals surface area (Å²) in [5.41, 5.74) is 0. The molecule has 0 spiro atoms. The Morgan fingerprint density at radius 1 is 0.355 bits per heavy atom. The summed E-state index contributed by atoms with van der Waals surface area (Å²) in [6.07, 6.45) is 8.51. The summed E-state index contributed by atoms with van der Waals surface area (Å²) in [6.45, 7) is 14.8. The smallest absolute Gasteiger partial charge is 0.0989 e. The molecular formula is C24H53N5O2. The zero-order valence-electron chi connectivity index (χ0n) is 21.5. The van der Waals surface area contributed by atoms with Crippen LogP contribution in [-0.2, 0) is 9.47 Å². The van der Waals surface area contributed by atoms with E-state index in [0.717, 1.165) is 46.2 Å². The van der Waals surface area contributed by atoms with Gasteiger partial charge in [-0.2, -0.15) is 0 Å². The summed E-state index contributed by atoms with van der Waals surface area (Å²) in [5.74, 6) is 0. The van der Waals surface area contributed by atoms with Crippen LogP contribution in [0.3, 0.4) is 0 Å². The Labute approximate surface area is 193 Å². The van der Waals surface area contributed by atoms with Gasteiger partial charge in [-0.25, -0.2) is 0 Å². The fourth-order valence-corrected chi connectivity index (χ4v) is 3.56. The highest BCUT2D eigenvalue weighted by atomic mass is 16.5. The Hall–Kier alpha value is -0.280. The average molecular weight is 444 g/mol. The first kappa shape index (κ1) is 28.8. The molecule has 0 aromatic carbocycles. The van der Waals surface area contributed by atoms with Crippen LogP contribution in [0.25, 0.3) is 0 Å². The van der Waals surface area contributed by atoms with Crippen molar-refractivity contribution in [1.82, 2.24) is 24.5 Å². The molecule has 0 aromatic rings. The third kappa shape index (κ3) is 17.9. The summed E-state index contributed by atoms with van der Waals surface area (Å²) in [5, 5.41) is 0. The summed E-state index contributed by atoms with van der Waals surface area (Å²) in [6, 6.07) is 0. The van der Waals surface area contributed by atoms with Crippen molar-refractivity contribution in [3.63, 3.8) is 0 Å². The summed E-state index contributed by atoms with van der Waals surface area (Å²) >= 11 is 0. The summed E-state index contributed by atoms with van der Waals surface area (Å²) in [4.78, 5) is 11.5. The van der Waals surface area contributed by atoms with Crippen molar-refractivity contribution in [2.24, 2.45) is 0 Å². The zero-order valence-corrected chi connectivity index (χ0v) is 21.5. The Morgan fingerprint density at radius 2 is 0.710 bits per heavy atom. The third-order valence-electron chi connectivity index (χ3n) is 6.15. The molecule has 0 bridgehead atoms. The van der Waals surface area contributed by atoms with E-state index in [4.69, 9.17) is 9.47 Å². The van der Waals surface area contributed by atoms with Crippen LogP contribution in [0.1, 0.15) is 38.5 Å². The van der Waals surface area contributed by atoms with Gasteiger partial charge in [0.1, 0.15) is 0 Å². The van der Waals surface area contributed by atoms with E-state index in [1.54, 1.807) is 0 Å². The van der Waals surface area contributed by atoms with Crippen LogP contribution in [0.5, 0.6) is 0 Å². The van der Waals surface area contributed by atoms with Gasteiger partial charge < -0.3 is 29.1 Å². The quantitative estimate of drug-likeness (QED) is 0.566. The molecule has 31 heavy (non-hydrogen) atoms. The topological polar surface area (TPSA) is 34.7 Å². The first-order chi connectivity index (χ1) is 15.0. The van der Waals surface area contributed by atoms with Gasteiger partial charge in [-0.15, -0.1) is 0 Å². The van der Waals surface area contributed by atoms with Gasteiger partial charge in [-0.05, 0) is 107 Å². The largest absolute Gasteiger partial charge is 0.379 e. The van der Waals surface area contributed by atoms with Crippen LogP contribution >= 0.6 is 0 Å². The normalized spacial score (nSPS) is 25.5. The van der Waals surface area contributed by atoms with E-state index in [-0.39, 0.29) is 0 Å². The van der Waals surface area contributed by atoms with Gasteiger partial charge >= 0.3 is 0 Å². The van der Waals surface area contributed by atoms with Gasteiger partial charge in [0, 0.05) is 19.6 Å². The minimum Gasteiger partial charge on any atom is -0.379 e. The number of likely N-dealkylation sites (N-methyl/N-ethyl adjacent to an activating group) is 2. The van der Waals surface area contributed by atoms with E-state index in [0.29, 0.717) is 0 Å². The number of likely N-dealkylation sites (tertiary alicyclic amines) is 3. The minimum atomic E-state index is 0.819. The molecule has 186 valence electrons. The number of piperidine rings is 1. The number of nitrogens with zero attached hydrogens (tertiary/aromatic N) is 5. The molecule has 5 heterocycles. The monoisotopic (exact) mass is 443 g/mol. The lowest BCUT2D eigenvalue weighted by molar-refractivity contribution is 0.0503. The van der Waals surface area contributed by atoms with Crippen molar-refractivity contribution in [3.8, 4) is 0 Å². The maximum Gasteiger partial charge on any atom is 0.0989 e. The van der Waals surface area contributed by atoms with Crippen molar-refractivity contribution < 1.29 is 9.47 Å². The predicted octanol–water partition coefficient (Wildman–Crippen LogP) is 1.99. The van der Waals surface area contributed by atoms with E-state index in [1.807, 2.05) is 7.05 Å². The van der Waals surface area contributed by atoms with Crippen molar-refractivity contribution in [2.45, 2.75) is 38.5 Å². The SMILES string of the molecule is CN1CCC1.CN1CCCC1.CN1CCCCC1.CN1CCOC1.CN1CCOCC1. The molecule has 0 atom stereocenters. The molecule has 0 N–H and O–H groups in total. The Morgan fingerprint density at radius 3 is 0.871 bits per heavy atom. The highest BCUT2D eigenvalue weighted by Crippen LogP contribution is 2.04. The van der Waals surface area contributed by atoms with Crippen molar-refractivity contribution >= 4 is 0 Å². The van der Waals surface area contributed by atoms with E-state index < -0.39 is 0 Å². The number of hydrogen-bond acceptors (Lipinski definition) is 7. The van der Waals surface area contributed by atoms with Gasteiger partial charge in [0.25, 0.3) is 0 Å². The lowest BCUT2D eigenvalue weighted by Crippen LogP contribution is -2.32. The van der Waals surface area contributed by atoms with E-state index in [9.17, 15) is 0 Å². The minimum absolute atomic E-state index is 0.819. The standard InChI is InChI=1S/C6H13N.C5H11NO.C5H11N.C4H9NO.C4H9N/c1-7-5-3-2-4-6-7;1-6-2-4-7-5-3-6;1-6-4-2-3-5-6;1-5-2-3-6-4-5;1-5-3-2-4-5/h2-6H2,1H3;2-5H2,1H3;2-5H2,1H3;2-4H2,1H3;2-4H2,1H3. The van der Waals surface area contributed by atoms with Crippen LogP contribution in [-0.4, -0.2) is 145 Å². The maximum absolute atomic E-state index is 5.10. The highest BCUT2D eigenvalue weighted by Gasteiger charge is 2.05. The Balaban J connectivity index is 0.000000195. The molecule has 5 rings (SSSR count). The van der Waals surface area contributed by atoms with Gasteiger partial charge in [0.2, 0.25) is 0 Å². The third-order valence-corrected chi connectivity index (χ3v) is 6.15. The molecule has 0 aliphatic carbocycles. The molecule has 0 amide bonds. The van der Waals surface area contributed by atoms with E-state index in [1.165, 1.54) is 77.8 Å². The van der Waals surface area contributed by atoms with Crippen LogP contribution in [0.15, 0.2) is 0 Å². The van der Waals surface area contributed by atoms with Crippen molar-refractivity contribution in [3.05, 3.63) is 0 Å². The number of hydrogen-bond donors (Lipinski definition) is 0. The molecule has 5 aliphatic heterocycles. The summed E-state index contributed by atoms with van der Waals surface area (Å²) in [7, 11) is 10.7. The fraction of sp³-hybridized carbons (Fsp3) is 1.00. The Kier molecular flexibility index (Phi) is 17.8. The molecule has 7 heteroatoms. The highest BCUT2D eigenvalue weighted by molar-refractivity contribution is 4.61.